The molecule has 2 N–H and O–H groups in total. The first kappa shape index (κ1) is 8.60. The Balaban J connectivity index is 2.94. The van der Waals surface area contributed by atoms with E-state index >= 15 is 0 Å². The van der Waals surface area contributed by atoms with E-state index < -0.39 is 0 Å². The van der Waals surface area contributed by atoms with Gasteiger partial charge >= 0.3 is 0 Å². The molecule has 2 rings (SSSR count). The highest BCUT2D eigenvalue weighted by Gasteiger charge is 2.05. The first-order chi connectivity index (χ1) is 6.20. The van der Waals surface area contributed by atoms with Gasteiger partial charge < -0.3 is 5.73 Å². The molecule has 0 saturated carbocycles. The zero-order valence-electron chi connectivity index (χ0n) is 6.59. The first-order valence-corrected chi connectivity index (χ1v) is 4.44. The molecule has 0 aliphatic rings. The maximum atomic E-state index is 5.95. The van der Waals surface area contributed by atoms with Gasteiger partial charge in [-0.25, -0.2) is 0 Å². The van der Waals surface area contributed by atoms with Crippen LogP contribution < -0.4 is 5.73 Å². The molecular weight excluding hydrogens is 207 g/mol. The van der Waals surface area contributed by atoms with Crippen LogP contribution in [-0.2, 0) is 0 Å². The summed E-state index contributed by atoms with van der Waals surface area (Å²) in [5.74, 6) is 0. The zero-order valence-corrected chi connectivity index (χ0v) is 8.10. The van der Waals surface area contributed by atoms with Crippen molar-refractivity contribution in [3.63, 3.8) is 0 Å². The maximum Gasteiger partial charge on any atom is 0.0924 e. The summed E-state index contributed by atoms with van der Waals surface area (Å²) in [6.45, 7) is 0. The van der Waals surface area contributed by atoms with Crippen LogP contribution in [0.15, 0.2) is 24.4 Å². The molecular formula is C9H6Cl2N2. The van der Waals surface area contributed by atoms with Gasteiger partial charge in [-0.1, -0.05) is 23.2 Å². The normalized spacial score (nSPS) is 10.6. The Bertz CT molecular complexity index is 468. The Labute approximate surface area is 85.3 Å². The molecule has 0 bridgehead atoms. The fourth-order valence-electron chi connectivity index (χ4n) is 1.18. The van der Waals surface area contributed by atoms with E-state index in [1.54, 1.807) is 18.3 Å². The molecule has 0 radical (unpaired) electrons. The molecule has 2 nitrogen and oxygen atoms in total. The highest BCUT2D eigenvalue weighted by Crippen LogP contribution is 2.31. The molecule has 13 heavy (non-hydrogen) atoms. The van der Waals surface area contributed by atoms with Gasteiger partial charge in [0, 0.05) is 17.3 Å². The van der Waals surface area contributed by atoms with Crippen molar-refractivity contribution in [1.29, 1.82) is 0 Å². The standard InChI is InChI=1S/C9H6Cl2N2/c10-6-2-1-5-7(12)3-4-13-9(5)8(6)11/h1-4H,(H2,12,13). The Morgan fingerprint density at radius 3 is 2.69 bits per heavy atom. The Kier molecular flexibility index (Phi) is 2.02. The minimum absolute atomic E-state index is 0.450. The molecule has 0 atom stereocenters. The fourth-order valence-corrected chi connectivity index (χ4v) is 1.55. The van der Waals surface area contributed by atoms with Crippen LogP contribution in [0.4, 0.5) is 5.69 Å². The van der Waals surface area contributed by atoms with E-state index in [0.29, 0.717) is 21.2 Å². The molecule has 0 fully saturated rings. The number of nitrogen functional groups attached to an aromatic ring is 1. The molecule has 66 valence electrons. The average Bonchev–Trinajstić information content (AvgIpc) is 2.12. The Hall–Kier alpha value is -0.990. The van der Waals surface area contributed by atoms with Gasteiger partial charge in [-0.2, -0.15) is 0 Å². The van der Waals surface area contributed by atoms with Gasteiger partial charge in [0.2, 0.25) is 0 Å². The molecule has 1 aromatic heterocycles. The number of hydrogen-bond donors (Lipinski definition) is 1. The van der Waals surface area contributed by atoms with Gasteiger partial charge in [0.15, 0.2) is 0 Å². The van der Waals surface area contributed by atoms with E-state index in [4.69, 9.17) is 28.9 Å². The number of benzene rings is 1. The smallest absolute Gasteiger partial charge is 0.0924 e. The van der Waals surface area contributed by atoms with Crippen LogP contribution in [0.5, 0.6) is 0 Å². The summed E-state index contributed by atoms with van der Waals surface area (Å²) in [4.78, 5) is 4.11. The second-order valence-corrected chi connectivity index (χ2v) is 3.44. The molecule has 2 aromatic rings. The lowest BCUT2D eigenvalue weighted by atomic mass is 10.2. The molecule has 1 heterocycles. The summed E-state index contributed by atoms with van der Waals surface area (Å²) in [5.41, 5.74) is 7.04. The highest BCUT2D eigenvalue weighted by molar-refractivity contribution is 6.45. The van der Waals surface area contributed by atoms with Crippen LogP contribution in [0.3, 0.4) is 0 Å². The number of hydrogen-bond acceptors (Lipinski definition) is 2. The van der Waals surface area contributed by atoms with Crippen molar-refractivity contribution >= 4 is 39.8 Å². The summed E-state index contributed by atoms with van der Waals surface area (Å²) in [6, 6.07) is 5.25. The van der Waals surface area contributed by atoms with Crippen LogP contribution in [0.25, 0.3) is 10.9 Å². The van der Waals surface area contributed by atoms with Gasteiger partial charge in [-0.3, -0.25) is 4.98 Å². The van der Waals surface area contributed by atoms with Gasteiger partial charge in [-0.05, 0) is 18.2 Å². The third-order valence-electron chi connectivity index (χ3n) is 1.84. The number of fused-ring (bicyclic) bond motifs is 1. The topological polar surface area (TPSA) is 38.9 Å². The number of rotatable bonds is 0. The second kappa shape index (κ2) is 3.05. The lowest BCUT2D eigenvalue weighted by molar-refractivity contribution is 1.41. The molecule has 0 spiro atoms. The lowest BCUT2D eigenvalue weighted by Crippen LogP contribution is -1.89. The van der Waals surface area contributed by atoms with Gasteiger partial charge in [0.05, 0.1) is 15.6 Å². The number of nitrogens with two attached hydrogens (primary N) is 1. The van der Waals surface area contributed by atoms with Crippen LogP contribution >= 0.6 is 23.2 Å². The van der Waals surface area contributed by atoms with Crippen LogP contribution in [0.1, 0.15) is 0 Å². The Morgan fingerprint density at radius 2 is 1.92 bits per heavy atom. The number of anilines is 1. The van der Waals surface area contributed by atoms with Crippen molar-refractivity contribution in [2.45, 2.75) is 0 Å². The summed E-state index contributed by atoms with van der Waals surface area (Å²) in [5, 5.41) is 1.77. The number of aromatic nitrogens is 1. The first-order valence-electron chi connectivity index (χ1n) is 3.68. The maximum absolute atomic E-state index is 5.95. The number of pyridine rings is 1. The zero-order chi connectivity index (χ0) is 9.42. The molecule has 0 aliphatic heterocycles. The van der Waals surface area contributed by atoms with E-state index in [9.17, 15) is 0 Å². The summed E-state index contributed by atoms with van der Waals surface area (Å²) in [7, 11) is 0. The predicted molar refractivity (Wildman–Crippen MR) is 56.2 cm³/mol. The van der Waals surface area contributed by atoms with E-state index in [0.717, 1.165) is 5.39 Å². The van der Waals surface area contributed by atoms with E-state index in [2.05, 4.69) is 4.98 Å². The monoisotopic (exact) mass is 212 g/mol. The third-order valence-corrected chi connectivity index (χ3v) is 2.63. The SMILES string of the molecule is Nc1ccnc2c(Cl)c(Cl)ccc12. The third kappa shape index (κ3) is 1.32. The summed E-state index contributed by atoms with van der Waals surface area (Å²) < 4.78 is 0. The minimum Gasteiger partial charge on any atom is -0.398 e. The van der Waals surface area contributed by atoms with Crippen LogP contribution in [-0.4, -0.2) is 4.98 Å². The van der Waals surface area contributed by atoms with Crippen molar-refractivity contribution in [2.24, 2.45) is 0 Å². The summed E-state index contributed by atoms with van der Waals surface area (Å²) in [6.07, 6.45) is 1.61. The van der Waals surface area contributed by atoms with Gasteiger partial charge in [-0.15, -0.1) is 0 Å². The van der Waals surface area contributed by atoms with Crippen LogP contribution in [0, 0.1) is 0 Å². The predicted octanol–water partition coefficient (Wildman–Crippen LogP) is 3.12. The number of halogens is 2. The largest absolute Gasteiger partial charge is 0.398 e. The second-order valence-electron chi connectivity index (χ2n) is 2.66. The lowest BCUT2D eigenvalue weighted by Gasteiger charge is -2.03. The van der Waals surface area contributed by atoms with Crippen molar-refractivity contribution in [3.8, 4) is 0 Å². The minimum atomic E-state index is 0.450. The van der Waals surface area contributed by atoms with E-state index in [1.165, 1.54) is 0 Å². The molecule has 0 amide bonds. The molecule has 0 unspecified atom stereocenters. The number of nitrogens with zero attached hydrogens (tertiary/aromatic N) is 1. The van der Waals surface area contributed by atoms with Gasteiger partial charge in [0.25, 0.3) is 0 Å². The van der Waals surface area contributed by atoms with Crippen molar-refractivity contribution < 1.29 is 0 Å². The average molecular weight is 213 g/mol. The fraction of sp³-hybridized carbons (Fsp3) is 0. The molecule has 0 aliphatic carbocycles. The Morgan fingerprint density at radius 1 is 1.15 bits per heavy atom. The quantitative estimate of drug-likeness (QED) is 0.730. The van der Waals surface area contributed by atoms with E-state index in [-0.39, 0.29) is 0 Å². The molecule has 1 aromatic carbocycles. The van der Waals surface area contributed by atoms with Crippen molar-refractivity contribution in [1.82, 2.24) is 4.98 Å². The van der Waals surface area contributed by atoms with Gasteiger partial charge in [0.1, 0.15) is 0 Å². The molecule has 4 heteroatoms. The van der Waals surface area contributed by atoms with E-state index in [1.807, 2.05) is 6.07 Å². The highest BCUT2D eigenvalue weighted by atomic mass is 35.5. The van der Waals surface area contributed by atoms with Crippen molar-refractivity contribution in [3.05, 3.63) is 34.4 Å². The van der Waals surface area contributed by atoms with Crippen LogP contribution in [0.2, 0.25) is 10.0 Å². The van der Waals surface area contributed by atoms with Crippen molar-refractivity contribution in [2.75, 3.05) is 5.73 Å². The summed E-state index contributed by atoms with van der Waals surface area (Å²) >= 11 is 11.8. The molecule has 0 saturated heterocycles.